The Labute approximate surface area is 119 Å². The van der Waals surface area contributed by atoms with Crippen LogP contribution in [0.25, 0.3) is 0 Å². The Kier molecular flexibility index (Phi) is 3.84. The summed E-state index contributed by atoms with van der Waals surface area (Å²) in [5.41, 5.74) is -0.385. The van der Waals surface area contributed by atoms with Gasteiger partial charge in [0.15, 0.2) is 4.90 Å². The molecule has 8 heteroatoms. The molecular formula is C11H8Cl2N2O3S. The summed E-state index contributed by atoms with van der Waals surface area (Å²) in [6.07, 6.45) is 2.46. The van der Waals surface area contributed by atoms with Crippen molar-refractivity contribution in [2.75, 3.05) is 4.72 Å². The fraction of sp³-hybridized carbons (Fsp3) is 0. The summed E-state index contributed by atoms with van der Waals surface area (Å²) in [5.74, 6) is 0. The van der Waals surface area contributed by atoms with Gasteiger partial charge >= 0.3 is 0 Å². The van der Waals surface area contributed by atoms with E-state index in [-0.39, 0.29) is 15.6 Å². The molecule has 1 aromatic heterocycles. The summed E-state index contributed by atoms with van der Waals surface area (Å²) >= 11 is 11.5. The number of sulfonamides is 1. The van der Waals surface area contributed by atoms with E-state index in [4.69, 9.17) is 23.2 Å². The fourth-order valence-corrected chi connectivity index (χ4v) is 2.78. The Morgan fingerprint density at radius 2 is 1.84 bits per heavy atom. The van der Waals surface area contributed by atoms with Crippen molar-refractivity contribution in [3.63, 3.8) is 0 Å². The zero-order valence-corrected chi connectivity index (χ0v) is 11.7. The lowest BCUT2D eigenvalue weighted by atomic mass is 10.3. The number of aromatic nitrogens is 1. The number of pyridine rings is 1. The van der Waals surface area contributed by atoms with Crippen molar-refractivity contribution in [2.45, 2.75) is 4.90 Å². The molecule has 5 nitrogen and oxygen atoms in total. The number of hydrogen-bond acceptors (Lipinski definition) is 3. The number of hydrogen-bond donors (Lipinski definition) is 2. The third-order valence-corrected chi connectivity index (χ3v) is 4.39. The van der Waals surface area contributed by atoms with E-state index >= 15 is 0 Å². The second kappa shape index (κ2) is 5.24. The van der Waals surface area contributed by atoms with Gasteiger partial charge in [0, 0.05) is 18.5 Å². The number of benzene rings is 1. The van der Waals surface area contributed by atoms with Gasteiger partial charge in [-0.1, -0.05) is 23.2 Å². The van der Waals surface area contributed by atoms with Gasteiger partial charge in [-0.05, 0) is 18.2 Å². The van der Waals surface area contributed by atoms with E-state index in [9.17, 15) is 13.2 Å². The zero-order valence-electron chi connectivity index (χ0n) is 9.35. The van der Waals surface area contributed by atoms with Crippen LogP contribution in [0, 0.1) is 0 Å². The van der Waals surface area contributed by atoms with E-state index in [2.05, 4.69) is 9.71 Å². The summed E-state index contributed by atoms with van der Waals surface area (Å²) in [6, 6.07) is 5.39. The molecule has 0 radical (unpaired) electrons. The maximum atomic E-state index is 12.0. The van der Waals surface area contributed by atoms with Gasteiger partial charge in [-0.25, -0.2) is 8.42 Å². The molecule has 1 heterocycles. The molecule has 0 fully saturated rings. The lowest BCUT2D eigenvalue weighted by Gasteiger charge is -2.08. The van der Waals surface area contributed by atoms with E-state index in [0.717, 1.165) is 12.3 Å². The predicted octanol–water partition coefficient (Wildman–Crippen LogP) is 2.48. The van der Waals surface area contributed by atoms with Crippen molar-refractivity contribution < 1.29 is 8.42 Å². The molecule has 0 aliphatic heterocycles. The van der Waals surface area contributed by atoms with Crippen molar-refractivity contribution in [3.8, 4) is 0 Å². The molecule has 2 aromatic rings. The maximum Gasteiger partial charge on any atom is 0.267 e. The molecule has 2 rings (SSSR count). The monoisotopic (exact) mass is 318 g/mol. The average Bonchev–Trinajstić information content (AvgIpc) is 2.34. The normalized spacial score (nSPS) is 11.3. The molecule has 0 unspecified atom stereocenters. The van der Waals surface area contributed by atoms with Gasteiger partial charge in [-0.2, -0.15) is 0 Å². The first-order valence-electron chi connectivity index (χ1n) is 5.05. The van der Waals surface area contributed by atoms with Crippen LogP contribution in [0.4, 0.5) is 5.69 Å². The van der Waals surface area contributed by atoms with E-state index < -0.39 is 15.5 Å². The molecule has 0 amide bonds. The van der Waals surface area contributed by atoms with Crippen LogP contribution in [-0.4, -0.2) is 13.4 Å². The van der Waals surface area contributed by atoms with Crippen LogP contribution in [0.1, 0.15) is 0 Å². The van der Waals surface area contributed by atoms with Gasteiger partial charge in [-0.3, -0.25) is 9.52 Å². The number of anilines is 1. The predicted molar refractivity (Wildman–Crippen MR) is 74.3 cm³/mol. The molecule has 0 bridgehead atoms. The minimum Gasteiger partial charge on any atom is -0.366 e. The molecule has 0 atom stereocenters. The fourth-order valence-electron chi connectivity index (χ4n) is 1.38. The molecule has 0 spiro atoms. The van der Waals surface area contributed by atoms with Gasteiger partial charge < -0.3 is 4.98 Å². The van der Waals surface area contributed by atoms with Crippen LogP contribution in [0.5, 0.6) is 0 Å². The summed E-state index contributed by atoms with van der Waals surface area (Å²) in [7, 11) is -3.97. The van der Waals surface area contributed by atoms with Crippen molar-refractivity contribution in [3.05, 3.63) is 56.9 Å². The molecule has 19 heavy (non-hydrogen) atoms. The average molecular weight is 319 g/mol. The standard InChI is InChI=1S/C11H8Cl2N2O3S/c12-8-2-1-7(5-9(8)13)15-19(17,18)11-6-14-4-3-10(11)16/h1-6,15H,(H,14,16). The van der Waals surface area contributed by atoms with Gasteiger partial charge in [0.1, 0.15) is 0 Å². The Morgan fingerprint density at radius 3 is 2.47 bits per heavy atom. The van der Waals surface area contributed by atoms with Crippen LogP contribution in [0.3, 0.4) is 0 Å². The Hall–Kier alpha value is -1.50. The first kappa shape index (κ1) is 13.9. The topological polar surface area (TPSA) is 79.0 Å². The molecule has 1 aromatic carbocycles. The minimum atomic E-state index is -3.97. The van der Waals surface area contributed by atoms with E-state index in [1.54, 1.807) is 0 Å². The third kappa shape index (κ3) is 3.09. The van der Waals surface area contributed by atoms with Gasteiger partial charge in [-0.15, -0.1) is 0 Å². The lowest BCUT2D eigenvalue weighted by Crippen LogP contribution is -2.20. The summed E-state index contributed by atoms with van der Waals surface area (Å²) in [6.45, 7) is 0. The Morgan fingerprint density at radius 1 is 1.11 bits per heavy atom. The summed E-state index contributed by atoms with van der Waals surface area (Å²) in [5, 5.41) is 0.519. The maximum absolute atomic E-state index is 12.0. The quantitative estimate of drug-likeness (QED) is 0.912. The smallest absolute Gasteiger partial charge is 0.267 e. The van der Waals surface area contributed by atoms with Crippen LogP contribution < -0.4 is 10.2 Å². The van der Waals surface area contributed by atoms with E-state index in [1.165, 1.54) is 24.4 Å². The molecule has 0 saturated carbocycles. The molecule has 100 valence electrons. The Bertz CT molecular complexity index is 772. The molecular weight excluding hydrogens is 311 g/mol. The SMILES string of the molecule is O=c1cc[nH]cc1S(=O)(=O)Nc1ccc(Cl)c(Cl)c1. The van der Waals surface area contributed by atoms with Crippen molar-refractivity contribution in [2.24, 2.45) is 0 Å². The summed E-state index contributed by atoms with van der Waals surface area (Å²) in [4.78, 5) is 13.7. The van der Waals surface area contributed by atoms with Crippen molar-refractivity contribution in [1.82, 2.24) is 4.98 Å². The first-order valence-corrected chi connectivity index (χ1v) is 7.29. The van der Waals surface area contributed by atoms with Gasteiger partial charge in [0.05, 0.1) is 15.7 Å². The lowest BCUT2D eigenvalue weighted by molar-refractivity contribution is 0.600. The summed E-state index contributed by atoms with van der Waals surface area (Å²) < 4.78 is 26.3. The second-order valence-electron chi connectivity index (χ2n) is 3.61. The number of rotatable bonds is 3. The molecule has 0 aliphatic carbocycles. The highest BCUT2D eigenvalue weighted by molar-refractivity contribution is 7.92. The molecule has 2 N–H and O–H groups in total. The van der Waals surface area contributed by atoms with Crippen LogP contribution in [0.15, 0.2) is 46.3 Å². The highest BCUT2D eigenvalue weighted by Gasteiger charge is 2.17. The number of halogens is 2. The van der Waals surface area contributed by atoms with Crippen molar-refractivity contribution >= 4 is 38.9 Å². The van der Waals surface area contributed by atoms with Crippen LogP contribution in [0.2, 0.25) is 10.0 Å². The third-order valence-electron chi connectivity index (χ3n) is 2.25. The molecule has 0 aliphatic rings. The van der Waals surface area contributed by atoms with E-state index in [0.29, 0.717) is 5.02 Å². The highest BCUT2D eigenvalue weighted by atomic mass is 35.5. The zero-order chi connectivity index (χ0) is 14.0. The van der Waals surface area contributed by atoms with Crippen LogP contribution >= 0.6 is 23.2 Å². The Balaban J connectivity index is 2.40. The van der Waals surface area contributed by atoms with Gasteiger partial charge in [0.2, 0.25) is 5.43 Å². The number of aromatic amines is 1. The first-order chi connectivity index (χ1) is 8.90. The van der Waals surface area contributed by atoms with Crippen LogP contribution in [-0.2, 0) is 10.0 Å². The molecule has 0 saturated heterocycles. The van der Waals surface area contributed by atoms with Crippen molar-refractivity contribution in [1.29, 1.82) is 0 Å². The second-order valence-corrected chi connectivity index (χ2v) is 6.07. The van der Waals surface area contributed by atoms with Gasteiger partial charge in [0.25, 0.3) is 10.0 Å². The number of H-pyrrole nitrogens is 1. The number of nitrogens with one attached hydrogen (secondary N) is 2. The highest BCUT2D eigenvalue weighted by Crippen LogP contribution is 2.26. The minimum absolute atomic E-state index is 0.212. The van der Waals surface area contributed by atoms with E-state index in [1.807, 2.05) is 0 Å². The largest absolute Gasteiger partial charge is 0.366 e.